The van der Waals surface area contributed by atoms with Crippen LogP contribution in [0, 0.1) is 5.92 Å². The highest BCUT2D eigenvalue weighted by molar-refractivity contribution is 7.86. The van der Waals surface area contributed by atoms with Gasteiger partial charge in [0.05, 0.1) is 5.75 Å². The third-order valence-corrected chi connectivity index (χ3v) is 4.79. The lowest BCUT2D eigenvalue weighted by Gasteiger charge is -2.20. The summed E-state index contributed by atoms with van der Waals surface area (Å²) in [6.45, 7) is 7.13. The average Bonchev–Trinajstić information content (AvgIpc) is 2.66. The number of amides is 1. The Morgan fingerprint density at radius 2 is 1.82 bits per heavy atom. The zero-order valence-corrected chi connectivity index (χ0v) is 14.0. The summed E-state index contributed by atoms with van der Waals surface area (Å²) in [5.41, 5.74) is 2.28. The fraction of sp³-hybridized carbons (Fsp3) is 0.562. The van der Waals surface area contributed by atoms with Gasteiger partial charge in [-0.2, -0.15) is 8.42 Å². The molecule has 1 aromatic carbocycles. The molecule has 22 heavy (non-hydrogen) atoms. The number of carbonyl (C=O) groups excluding carboxylic acids is 1. The molecule has 1 aromatic rings. The summed E-state index contributed by atoms with van der Waals surface area (Å²) < 4.78 is 34.1. The van der Waals surface area contributed by atoms with E-state index < -0.39 is 21.9 Å². The van der Waals surface area contributed by atoms with Crippen LogP contribution in [0.15, 0.2) is 24.3 Å². The van der Waals surface area contributed by atoms with E-state index in [1.807, 2.05) is 24.3 Å². The molecule has 4 nitrogen and oxygen atoms in total. The minimum atomic E-state index is -4.53. The Bertz CT molecular complexity index is 647. The number of likely N-dealkylation sites (tertiary alicyclic amines) is 1. The fourth-order valence-electron chi connectivity index (χ4n) is 2.73. The standard InChI is InChI=1S/C16H22FNO3S/c1-16(2,3)14-6-4-12(5-7-14)9-18-10-13(8-15(18)19)11-22(17,20)21/h4-7,13H,8-11H2,1-3H3. The minimum absolute atomic E-state index is 0.0720. The second kappa shape index (κ2) is 5.99. The molecule has 2 rings (SSSR count). The van der Waals surface area contributed by atoms with Crippen LogP contribution in [0.5, 0.6) is 0 Å². The number of nitrogens with zero attached hydrogens (tertiary/aromatic N) is 1. The van der Waals surface area contributed by atoms with Crippen LogP contribution in [-0.4, -0.2) is 31.5 Å². The summed E-state index contributed by atoms with van der Waals surface area (Å²) in [6, 6.07) is 8.04. The van der Waals surface area contributed by atoms with Gasteiger partial charge in [-0.05, 0) is 16.5 Å². The molecule has 0 bridgehead atoms. The molecular weight excluding hydrogens is 305 g/mol. The van der Waals surface area contributed by atoms with Crippen LogP contribution in [0.1, 0.15) is 38.3 Å². The van der Waals surface area contributed by atoms with Crippen LogP contribution < -0.4 is 0 Å². The molecule has 1 heterocycles. The highest BCUT2D eigenvalue weighted by Gasteiger charge is 2.32. The van der Waals surface area contributed by atoms with Gasteiger partial charge in [0, 0.05) is 25.4 Å². The van der Waals surface area contributed by atoms with Crippen molar-refractivity contribution in [2.75, 3.05) is 12.3 Å². The maximum absolute atomic E-state index is 12.7. The minimum Gasteiger partial charge on any atom is -0.338 e. The van der Waals surface area contributed by atoms with E-state index in [1.165, 1.54) is 5.56 Å². The highest BCUT2D eigenvalue weighted by atomic mass is 32.3. The largest absolute Gasteiger partial charge is 0.338 e. The van der Waals surface area contributed by atoms with Crippen molar-refractivity contribution in [1.29, 1.82) is 0 Å². The zero-order valence-electron chi connectivity index (χ0n) is 13.2. The average molecular weight is 327 g/mol. The molecule has 1 saturated heterocycles. The summed E-state index contributed by atoms with van der Waals surface area (Å²) >= 11 is 0. The molecule has 0 aromatic heterocycles. The van der Waals surface area contributed by atoms with E-state index in [1.54, 1.807) is 4.90 Å². The second-order valence-electron chi connectivity index (χ2n) is 7.00. The van der Waals surface area contributed by atoms with Crippen LogP contribution in [0.25, 0.3) is 0 Å². The van der Waals surface area contributed by atoms with Crippen LogP contribution in [-0.2, 0) is 27.0 Å². The van der Waals surface area contributed by atoms with Crippen molar-refractivity contribution in [2.45, 2.75) is 39.2 Å². The normalized spacial score (nSPS) is 19.7. The van der Waals surface area contributed by atoms with Gasteiger partial charge in [-0.15, -0.1) is 3.89 Å². The third-order valence-electron chi connectivity index (χ3n) is 3.92. The predicted molar refractivity (Wildman–Crippen MR) is 83.6 cm³/mol. The first kappa shape index (κ1) is 16.9. The van der Waals surface area contributed by atoms with Gasteiger partial charge in [0.15, 0.2) is 0 Å². The van der Waals surface area contributed by atoms with Gasteiger partial charge in [0.1, 0.15) is 0 Å². The summed E-state index contributed by atoms with van der Waals surface area (Å²) in [5, 5.41) is 0. The van der Waals surface area contributed by atoms with E-state index in [9.17, 15) is 17.1 Å². The van der Waals surface area contributed by atoms with E-state index in [0.717, 1.165) is 5.56 Å². The maximum Gasteiger partial charge on any atom is 0.302 e. The molecule has 1 aliphatic rings. The molecule has 6 heteroatoms. The number of hydrogen-bond acceptors (Lipinski definition) is 3. The van der Waals surface area contributed by atoms with Crippen molar-refractivity contribution in [3.63, 3.8) is 0 Å². The second-order valence-corrected chi connectivity index (χ2v) is 8.41. The zero-order chi connectivity index (χ0) is 16.5. The van der Waals surface area contributed by atoms with Crippen molar-refractivity contribution < 1.29 is 17.1 Å². The Labute approximate surface area is 131 Å². The van der Waals surface area contributed by atoms with Gasteiger partial charge in [-0.1, -0.05) is 45.0 Å². The van der Waals surface area contributed by atoms with Crippen molar-refractivity contribution in [3.8, 4) is 0 Å². The number of hydrogen-bond donors (Lipinski definition) is 0. The van der Waals surface area contributed by atoms with E-state index in [2.05, 4.69) is 20.8 Å². The first-order valence-corrected chi connectivity index (χ1v) is 8.89. The molecule has 1 amide bonds. The van der Waals surface area contributed by atoms with Crippen LogP contribution >= 0.6 is 0 Å². The summed E-state index contributed by atoms with van der Waals surface area (Å²) in [5.74, 6) is -1.14. The van der Waals surface area contributed by atoms with E-state index >= 15 is 0 Å². The summed E-state index contributed by atoms with van der Waals surface area (Å²) in [4.78, 5) is 13.5. The molecular formula is C16H22FNO3S. The van der Waals surface area contributed by atoms with Crippen molar-refractivity contribution in [3.05, 3.63) is 35.4 Å². The lowest BCUT2D eigenvalue weighted by Crippen LogP contribution is -2.25. The Kier molecular flexibility index (Phi) is 4.61. The highest BCUT2D eigenvalue weighted by Crippen LogP contribution is 2.25. The molecule has 0 spiro atoms. The predicted octanol–water partition coefficient (Wildman–Crippen LogP) is 2.63. The molecule has 1 atom stereocenters. The monoisotopic (exact) mass is 327 g/mol. The summed E-state index contributed by atoms with van der Waals surface area (Å²) in [6.07, 6.45) is 0.100. The lowest BCUT2D eigenvalue weighted by atomic mass is 9.87. The molecule has 1 fully saturated rings. The first-order chi connectivity index (χ1) is 10.0. The first-order valence-electron chi connectivity index (χ1n) is 7.34. The van der Waals surface area contributed by atoms with Gasteiger partial charge in [-0.25, -0.2) is 0 Å². The molecule has 0 saturated carbocycles. The van der Waals surface area contributed by atoms with Crippen LogP contribution in [0.3, 0.4) is 0 Å². The Morgan fingerprint density at radius 1 is 1.23 bits per heavy atom. The number of carbonyl (C=O) groups is 1. The van der Waals surface area contributed by atoms with Crippen molar-refractivity contribution in [1.82, 2.24) is 4.90 Å². The molecule has 0 N–H and O–H groups in total. The number of benzene rings is 1. The maximum atomic E-state index is 12.7. The lowest BCUT2D eigenvalue weighted by molar-refractivity contribution is -0.128. The molecule has 1 unspecified atom stereocenters. The molecule has 0 aliphatic carbocycles. The van der Waals surface area contributed by atoms with Crippen molar-refractivity contribution >= 4 is 16.1 Å². The smallest absolute Gasteiger partial charge is 0.302 e. The third kappa shape index (κ3) is 4.53. The molecule has 1 aliphatic heterocycles. The molecule has 0 radical (unpaired) electrons. The topological polar surface area (TPSA) is 54.5 Å². The van der Waals surface area contributed by atoms with Crippen LogP contribution in [0.2, 0.25) is 0 Å². The number of rotatable bonds is 4. The van der Waals surface area contributed by atoms with E-state index in [4.69, 9.17) is 0 Å². The van der Waals surface area contributed by atoms with Gasteiger partial charge >= 0.3 is 10.2 Å². The van der Waals surface area contributed by atoms with Crippen molar-refractivity contribution in [2.24, 2.45) is 5.92 Å². The molecule has 122 valence electrons. The van der Waals surface area contributed by atoms with Gasteiger partial charge in [-0.3, -0.25) is 4.79 Å². The van der Waals surface area contributed by atoms with Gasteiger partial charge in [0.25, 0.3) is 0 Å². The van der Waals surface area contributed by atoms with Gasteiger partial charge in [0.2, 0.25) is 5.91 Å². The van der Waals surface area contributed by atoms with E-state index in [0.29, 0.717) is 13.1 Å². The van der Waals surface area contributed by atoms with E-state index in [-0.39, 0.29) is 17.7 Å². The quantitative estimate of drug-likeness (QED) is 0.799. The Balaban J connectivity index is 2.01. The fourth-order valence-corrected chi connectivity index (χ4v) is 3.52. The summed E-state index contributed by atoms with van der Waals surface area (Å²) in [7, 11) is -4.53. The SMILES string of the molecule is CC(C)(C)c1ccc(CN2CC(CS(=O)(=O)F)CC2=O)cc1. The van der Waals surface area contributed by atoms with Gasteiger partial charge < -0.3 is 4.90 Å². The Morgan fingerprint density at radius 3 is 2.32 bits per heavy atom. The Hall–Kier alpha value is -1.43. The van der Waals surface area contributed by atoms with Crippen LogP contribution in [0.4, 0.5) is 3.89 Å². The number of halogens is 1.